The zero-order valence-electron chi connectivity index (χ0n) is 10.8. The van der Waals surface area contributed by atoms with Gasteiger partial charge in [-0.3, -0.25) is 4.98 Å². The van der Waals surface area contributed by atoms with Crippen LogP contribution in [-0.4, -0.2) is 30.5 Å². The van der Waals surface area contributed by atoms with E-state index in [1.165, 1.54) is 5.56 Å². The summed E-state index contributed by atoms with van der Waals surface area (Å²) in [5.41, 5.74) is 2.45. The van der Waals surface area contributed by atoms with Gasteiger partial charge in [0.2, 0.25) is 0 Å². The van der Waals surface area contributed by atoms with Crippen molar-refractivity contribution in [1.82, 2.24) is 9.88 Å². The van der Waals surface area contributed by atoms with Crippen molar-refractivity contribution >= 4 is 12.4 Å². The molecule has 0 aliphatic rings. The molecule has 0 radical (unpaired) electrons. The van der Waals surface area contributed by atoms with E-state index in [2.05, 4.69) is 60.4 Å². The maximum Gasteiger partial charge on any atom is 0.0491 e. The summed E-state index contributed by atoms with van der Waals surface area (Å²) in [4.78, 5) is 6.68. The fraction of sp³-hybridized carbons (Fsp3) is 0.267. The maximum absolute atomic E-state index is 4.48. The van der Waals surface area contributed by atoms with Crippen LogP contribution in [0.4, 0.5) is 0 Å². The van der Waals surface area contributed by atoms with Crippen molar-refractivity contribution in [3.63, 3.8) is 0 Å². The number of hydrogen-bond acceptors (Lipinski definition) is 2. The number of pyridine rings is 1. The Labute approximate surface area is 115 Å². The zero-order valence-corrected chi connectivity index (χ0v) is 11.6. The molecule has 2 aromatic rings. The summed E-state index contributed by atoms with van der Waals surface area (Å²) in [5.74, 6) is 0.340. The number of likely N-dealkylation sites (N-methyl/N-ethyl adjacent to an activating group) is 1. The van der Waals surface area contributed by atoms with Crippen molar-refractivity contribution in [1.29, 1.82) is 0 Å². The first-order valence-corrected chi connectivity index (χ1v) is 5.88. The van der Waals surface area contributed by atoms with Crippen molar-refractivity contribution < 1.29 is 0 Å². The molecule has 0 bridgehead atoms. The Morgan fingerprint density at radius 3 is 2.22 bits per heavy atom. The first-order valence-electron chi connectivity index (χ1n) is 5.88. The molecule has 0 spiro atoms. The molecule has 1 unspecified atom stereocenters. The Morgan fingerprint density at radius 1 is 1.00 bits per heavy atom. The Kier molecular flexibility index (Phi) is 5.83. The molecule has 96 valence electrons. The van der Waals surface area contributed by atoms with E-state index < -0.39 is 0 Å². The van der Waals surface area contributed by atoms with Gasteiger partial charge in [0.15, 0.2) is 0 Å². The van der Waals surface area contributed by atoms with Gasteiger partial charge >= 0.3 is 0 Å². The summed E-state index contributed by atoms with van der Waals surface area (Å²) in [7, 11) is 4.19. The number of nitrogens with zero attached hydrogens (tertiary/aromatic N) is 2. The van der Waals surface area contributed by atoms with Crippen LogP contribution in [0.1, 0.15) is 17.2 Å². The third kappa shape index (κ3) is 3.83. The van der Waals surface area contributed by atoms with Crippen LogP contribution < -0.4 is 0 Å². The fourth-order valence-electron chi connectivity index (χ4n) is 2.00. The Hall–Kier alpha value is -1.38. The van der Waals surface area contributed by atoms with Gasteiger partial charge in [-0.05, 0) is 31.8 Å². The lowest BCUT2D eigenvalue weighted by molar-refractivity contribution is 0.389. The van der Waals surface area contributed by atoms with Crippen molar-refractivity contribution in [2.45, 2.75) is 5.92 Å². The van der Waals surface area contributed by atoms with E-state index in [1.54, 1.807) is 0 Å². The van der Waals surface area contributed by atoms with Crippen molar-refractivity contribution in [2.75, 3.05) is 20.6 Å². The highest BCUT2D eigenvalue weighted by atomic mass is 35.5. The average Bonchev–Trinajstić information content (AvgIpc) is 2.38. The second-order valence-corrected chi connectivity index (χ2v) is 4.48. The van der Waals surface area contributed by atoms with Crippen LogP contribution in [0.5, 0.6) is 0 Å². The molecule has 3 heteroatoms. The molecule has 0 N–H and O–H groups in total. The van der Waals surface area contributed by atoms with E-state index in [-0.39, 0.29) is 12.4 Å². The van der Waals surface area contributed by atoms with E-state index in [9.17, 15) is 0 Å². The summed E-state index contributed by atoms with van der Waals surface area (Å²) in [5, 5.41) is 0. The van der Waals surface area contributed by atoms with Crippen LogP contribution >= 0.6 is 12.4 Å². The average molecular weight is 263 g/mol. The summed E-state index contributed by atoms with van der Waals surface area (Å²) < 4.78 is 0. The van der Waals surface area contributed by atoms with Gasteiger partial charge in [-0.25, -0.2) is 0 Å². The quantitative estimate of drug-likeness (QED) is 0.841. The third-order valence-corrected chi connectivity index (χ3v) is 2.79. The summed E-state index contributed by atoms with van der Waals surface area (Å²) in [6.07, 6.45) is 1.86. The molecular weight excluding hydrogens is 244 g/mol. The topological polar surface area (TPSA) is 16.1 Å². The lowest BCUT2D eigenvalue weighted by Crippen LogP contribution is -2.21. The predicted molar refractivity (Wildman–Crippen MR) is 78.3 cm³/mol. The second kappa shape index (κ2) is 7.14. The summed E-state index contributed by atoms with van der Waals surface area (Å²) in [6, 6.07) is 16.7. The van der Waals surface area contributed by atoms with Gasteiger partial charge in [0.25, 0.3) is 0 Å². The number of rotatable bonds is 4. The third-order valence-electron chi connectivity index (χ3n) is 2.79. The molecule has 1 heterocycles. The lowest BCUT2D eigenvalue weighted by atomic mass is 9.95. The molecule has 0 aliphatic carbocycles. The van der Waals surface area contributed by atoms with E-state index in [4.69, 9.17) is 0 Å². The van der Waals surface area contributed by atoms with Crippen molar-refractivity contribution in [2.24, 2.45) is 0 Å². The van der Waals surface area contributed by atoms with Crippen LogP contribution in [0.3, 0.4) is 0 Å². The van der Waals surface area contributed by atoms with E-state index >= 15 is 0 Å². The van der Waals surface area contributed by atoms with E-state index in [0.29, 0.717) is 5.92 Å². The number of hydrogen-bond donors (Lipinski definition) is 0. The Bertz CT molecular complexity index is 403. The van der Waals surface area contributed by atoms with E-state index in [1.807, 2.05) is 18.3 Å². The standard InChI is InChI=1S/C15H18N2.ClH/c1-17(2)12-14(13-8-4-3-5-9-13)15-10-6-7-11-16-15;/h3-11,14H,12H2,1-2H3;1H. The zero-order chi connectivity index (χ0) is 12.1. The van der Waals surface area contributed by atoms with Crippen molar-refractivity contribution in [3.8, 4) is 0 Å². The number of aromatic nitrogens is 1. The Morgan fingerprint density at radius 2 is 1.67 bits per heavy atom. The molecule has 1 aromatic heterocycles. The van der Waals surface area contributed by atoms with Gasteiger partial charge in [0, 0.05) is 24.4 Å². The van der Waals surface area contributed by atoms with Gasteiger partial charge in [-0.1, -0.05) is 36.4 Å². The summed E-state index contributed by atoms with van der Waals surface area (Å²) in [6.45, 7) is 0.973. The molecule has 1 aromatic carbocycles. The molecule has 0 fully saturated rings. The summed E-state index contributed by atoms with van der Waals surface area (Å²) >= 11 is 0. The predicted octanol–water partition coefficient (Wildman–Crippen LogP) is 3.20. The minimum atomic E-state index is 0. The van der Waals surface area contributed by atoms with Gasteiger partial charge in [0.1, 0.15) is 0 Å². The van der Waals surface area contributed by atoms with Crippen LogP contribution in [0.25, 0.3) is 0 Å². The maximum atomic E-state index is 4.48. The van der Waals surface area contributed by atoms with Crippen LogP contribution in [-0.2, 0) is 0 Å². The van der Waals surface area contributed by atoms with Crippen LogP contribution in [0.2, 0.25) is 0 Å². The molecule has 2 rings (SSSR count). The second-order valence-electron chi connectivity index (χ2n) is 4.48. The molecule has 0 amide bonds. The minimum absolute atomic E-state index is 0. The smallest absolute Gasteiger partial charge is 0.0491 e. The van der Waals surface area contributed by atoms with Crippen LogP contribution in [0, 0.1) is 0 Å². The minimum Gasteiger partial charge on any atom is -0.308 e. The molecule has 0 aliphatic heterocycles. The highest BCUT2D eigenvalue weighted by Crippen LogP contribution is 2.23. The monoisotopic (exact) mass is 262 g/mol. The van der Waals surface area contributed by atoms with Gasteiger partial charge in [-0.15, -0.1) is 12.4 Å². The van der Waals surface area contributed by atoms with Gasteiger partial charge in [-0.2, -0.15) is 0 Å². The largest absolute Gasteiger partial charge is 0.308 e. The Balaban J connectivity index is 0.00000162. The molecule has 2 nitrogen and oxygen atoms in total. The normalized spacial score (nSPS) is 11.9. The first-order chi connectivity index (χ1) is 8.27. The molecule has 0 saturated carbocycles. The number of halogens is 1. The van der Waals surface area contributed by atoms with Gasteiger partial charge in [0.05, 0.1) is 0 Å². The highest BCUT2D eigenvalue weighted by molar-refractivity contribution is 5.85. The fourth-order valence-corrected chi connectivity index (χ4v) is 2.00. The highest BCUT2D eigenvalue weighted by Gasteiger charge is 2.15. The van der Waals surface area contributed by atoms with Gasteiger partial charge < -0.3 is 4.90 Å². The number of benzene rings is 1. The first kappa shape index (κ1) is 14.7. The SMILES string of the molecule is CN(C)CC(c1ccccc1)c1ccccn1.Cl. The molecule has 0 saturated heterocycles. The lowest BCUT2D eigenvalue weighted by Gasteiger charge is -2.21. The molecule has 18 heavy (non-hydrogen) atoms. The molecule has 1 atom stereocenters. The van der Waals surface area contributed by atoms with E-state index in [0.717, 1.165) is 12.2 Å². The van der Waals surface area contributed by atoms with Crippen LogP contribution in [0.15, 0.2) is 54.7 Å². The molecular formula is C15H19ClN2. The van der Waals surface area contributed by atoms with Crippen molar-refractivity contribution in [3.05, 3.63) is 66.0 Å².